The van der Waals surface area contributed by atoms with Gasteiger partial charge in [-0.3, -0.25) is 0 Å². The molecule has 0 saturated heterocycles. The Morgan fingerprint density at radius 2 is 1.79 bits per heavy atom. The van der Waals surface area contributed by atoms with Gasteiger partial charge in [-0.1, -0.05) is 26.0 Å². The molecule has 78 valence electrons. The maximum atomic E-state index is 9.70. The Morgan fingerprint density at radius 1 is 1.14 bits per heavy atom. The van der Waals surface area contributed by atoms with Gasteiger partial charge in [0.05, 0.1) is 13.2 Å². The molecule has 1 aromatic rings. The van der Waals surface area contributed by atoms with Crippen molar-refractivity contribution in [2.75, 3.05) is 0 Å². The molecule has 0 radical (unpaired) electrons. The molecule has 0 unspecified atom stereocenters. The lowest BCUT2D eigenvalue weighted by atomic mass is 9.94. The van der Waals surface area contributed by atoms with Crippen molar-refractivity contribution in [1.82, 2.24) is 0 Å². The number of benzene rings is 1. The number of rotatable bonds is 3. The molecule has 0 bridgehead atoms. The molecule has 0 saturated carbocycles. The molecular formula is C11H16O3. The zero-order valence-corrected chi connectivity index (χ0v) is 8.49. The molecule has 1 rings (SSSR count). The van der Waals surface area contributed by atoms with Crippen molar-refractivity contribution in [3.05, 3.63) is 28.8 Å². The zero-order chi connectivity index (χ0) is 10.7. The van der Waals surface area contributed by atoms with Gasteiger partial charge in [-0.15, -0.1) is 0 Å². The fraction of sp³-hybridized carbons (Fsp3) is 0.455. The van der Waals surface area contributed by atoms with Crippen molar-refractivity contribution in [2.24, 2.45) is 0 Å². The lowest BCUT2D eigenvalue weighted by molar-refractivity contribution is 0.262. The van der Waals surface area contributed by atoms with Crippen LogP contribution in [0, 0.1) is 0 Å². The van der Waals surface area contributed by atoms with Crippen LogP contribution in [0.1, 0.15) is 36.5 Å². The molecule has 0 aromatic heterocycles. The summed E-state index contributed by atoms with van der Waals surface area (Å²) in [5.41, 5.74) is 1.90. The molecule has 3 N–H and O–H groups in total. The van der Waals surface area contributed by atoms with E-state index >= 15 is 0 Å². The first-order chi connectivity index (χ1) is 6.61. The van der Waals surface area contributed by atoms with Gasteiger partial charge in [0.15, 0.2) is 0 Å². The van der Waals surface area contributed by atoms with Gasteiger partial charge in [0, 0.05) is 11.1 Å². The normalized spacial score (nSPS) is 10.9. The summed E-state index contributed by atoms with van der Waals surface area (Å²) in [4.78, 5) is 0. The first-order valence-electron chi connectivity index (χ1n) is 4.67. The SMILES string of the molecule is CC(C)c1ccc(CO)c(O)c1CO. The Labute approximate surface area is 83.6 Å². The number of aliphatic hydroxyl groups excluding tert-OH is 2. The molecule has 3 heteroatoms. The Hall–Kier alpha value is -1.06. The molecule has 0 fully saturated rings. The van der Waals surface area contributed by atoms with E-state index in [0.717, 1.165) is 5.56 Å². The second-order valence-electron chi connectivity index (χ2n) is 3.61. The van der Waals surface area contributed by atoms with E-state index < -0.39 is 0 Å². The van der Waals surface area contributed by atoms with Crippen molar-refractivity contribution >= 4 is 0 Å². The summed E-state index contributed by atoms with van der Waals surface area (Å²) in [6.45, 7) is 3.57. The van der Waals surface area contributed by atoms with E-state index in [-0.39, 0.29) is 24.9 Å². The number of hydrogen-bond acceptors (Lipinski definition) is 3. The van der Waals surface area contributed by atoms with Crippen molar-refractivity contribution in [2.45, 2.75) is 33.0 Å². The van der Waals surface area contributed by atoms with Crippen LogP contribution in [0.15, 0.2) is 12.1 Å². The summed E-state index contributed by atoms with van der Waals surface area (Å²) in [5.74, 6) is 0.261. The van der Waals surface area contributed by atoms with Crippen LogP contribution < -0.4 is 0 Å². The van der Waals surface area contributed by atoms with Gasteiger partial charge in [-0.2, -0.15) is 0 Å². The summed E-state index contributed by atoms with van der Waals surface area (Å²) in [6, 6.07) is 3.52. The predicted octanol–water partition coefficient (Wildman–Crippen LogP) is 1.50. The Kier molecular flexibility index (Phi) is 3.49. The molecule has 0 amide bonds. The van der Waals surface area contributed by atoms with Crippen LogP contribution in [-0.4, -0.2) is 15.3 Å². The summed E-state index contributed by atoms with van der Waals surface area (Å²) < 4.78 is 0. The molecule has 0 aliphatic rings. The highest BCUT2D eigenvalue weighted by Gasteiger charge is 2.13. The molecule has 0 heterocycles. The maximum absolute atomic E-state index is 9.70. The zero-order valence-electron chi connectivity index (χ0n) is 8.49. The summed E-state index contributed by atoms with van der Waals surface area (Å²) in [7, 11) is 0. The summed E-state index contributed by atoms with van der Waals surface area (Å²) in [6.07, 6.45) is 0. The van der Waals surface area contributed by atoms with Gasteiger partial charge >= 0.3 is 0 Å². The Morgan fingerprint density at radius 3 is 2.21 bits per heavy atom. The van der Waals surface area contributed by atoms with Crippen LogP contribution in [0.4, 0.5) is 0 Å². The quantitative estimate of drug-likeness (QED) is 0.686. The second kappa shape index (κ2) is 4.44. The standard InChI is InChI=1S/C11H16O3/c1-7(2)9-4-3-8(5-12)11(14)10(9)6-13/h3-4,7,12-14H,5-6H2,1-2H3. The number of aromatic hydroxyl groups is 1. The minimum atomic E-state index is -0.211. The molecule has 14 heavy (non-hydrogen) atoms. The molecule has 0 spiro atoms. The van der Waals surface area contributed by atoms with Crippen molar-refractivity contribution < 1.29 is 15.3 Å². The van der Waals surface area contributed by atoms with Crippen LogP contribution in [0.5, 0.6) is 5.75 Å². The van der Waals surface area contributed by atoms with Crippen LogP contribution in [-0.2, 0) is 13.2 Å². The topological polar surface area (TPSA) is 60.7 Å². The fourth-order valence-electron chi connectivity index (χ4n) is 1.54. The van der Waals surface area contributed by atoms with Crippen LogP contribution in [0.2, 0.25) is 0 Å². The summed E-state index contributed by atoms with van der Waals surface area (Å²) in [5, 5.41) is 27.8. The molecule has 1 aromatic carbocycles. The minimum Gasteiger partial charge on any atom is -0.507 e. The molecule has 3 nitrogen and oxygen atoms in total. The number of aliphatic hydroxyl groups is 2. The van der Waals surface area contributed by atoms with Gasteiger partial charge in [0.1, 0.15) is 5.75 Å². The average Bonchev–Trinajstić information content (AvgIpc) is 2.17. The lowest BCUT2D eigenvalue weighted by Gasteiger charge is -2.14. The van der Waals surface area contributed by atoms with Crippen LogP contribution in [0.25, 0.3) is 0 Å². The first kappa shape index (κ1) is 11.0. The molecular weight excluding hydrogens is 180 g/mol. The highest BCUT2D eigenvalue weighted by atomic mass is 16.3. The van der Waals surface area contributed by atoms with E-state index in [1.807, 2.05) is 19.9 Å². The van der Waals surface area contributed by atoms with Gasteiger partial charge in [-0.05, 0) is 11.5 Å². The third-order valence-corrected chi connectivity index (χ3v) is 2.35. The highest BCUT2D eigenvalue weighted by Crippen LogP contribution is 2.30. The third-order valence-electron chi connectivity index (χ3n) is 2.35. The highest BCUT2D eigenvalue weighted by molar-refractivity contribution is 5.46. The van der Waals surface area contributed by atoms with E-state index in [1.165, 1.54) is 0 Å². The van der Waals surface area contributed by atoms with E-state index in [1.54, 1.807) is 6.07 Å². The smallest absolute Gasteiger partial charge is 0.126 e. The maximum Gasteiger partial charge on any atom is 0.126 e. The molecule has 0 atom stereocenters. The van der Waals surface area contributed by atoms with Gasteiger partial charge in [-0.25, -0.2) is 0 Å². The molecule has 0 aliphatic carbocycles. The van der Waals surface area contributed by atoms with Crippen molar-refractivity contribution in [3.8, 4) is 5.75 Å². The van der Waals surface area contributed by atoms with E-state index in [4.69, 9.17) is 10.2 Å². The van der Waals surface area contributed by atoms with Crippen molar-refractivity contribution in [1.29, 1.82) is 0 Å². The lowest BCUT2D eigenvalue weighted by Crippen LogP contribution is -1.99. The van der Waals surface area contributed by atoms with Crippen molar-refractivity contribution in [3.63, 3.8) is 0 Å². The average molecular weight is 196 g/mol. The first-order valence-corrected chi connectivity index (χ1v) is 4.67. The number of hydrogen-bond donors (Lipinski definition) is 3. The third kappa shape index (κ3) is 1.89. The van der Waals surface area contributed by atoms with E-state index in [2.05, 4.69) is 0 Å². The van der Waals surface area contributed by atoms with Gasteiger partial charge in [0.25, 0.3) is 0 Å². The molecule has 0 aliphatic heterocycles. The summed E-state index contributed by atoms with van der Waals surface area (Å²) >= 11 is 0. The van der Waals surface area contributed by atoms with Gasteiger partial charge < -0.3 is 15.3 Å². The monoisotopic (exact) mass is 196 g/mol. The Bertz CT molecular complexity index is 319. The van der Waals surface area contributed by atoms with Crippen LogP contribution in [0.3, 0.4) is 0 Å². The van der Waals surface area contributed by atoms with Gasteiger partial charge in [0.2, 0.25) is 0 Å². The predicted molar refractivity (Wildman–Crippen MR) is 54.0 cm³/mol. The van der Waals surface area contributed by atoms with E-state index in [0.29, 0.717) is 11.1 Å². The van der Waals surface area contributed by atoms with Crippen LogP contribution >= 0.6 is 0 Å². The number of phenols is 1. The largest absolute Gasteiger partial charge is 0.507 e. The fourth-order valence-corrected chi connectivity index (χ4v) is 1.54. The van der Waals surface area contributed by atoms with E-state index in [9.17, 15) is 5.11 Å². The Balaban J connectivity index is 3.28. The minimum absolute atomic E-state index is 0.0150. The second-order valence-corrected chi connectivity index (χ2v) is 3.61.